The number of ether oxygens (including phenoxy) is 2. The molecule has 0 aliphatic carbocycles. The predicted octanol–water partition coefficient (Wildman–Crippen LogP) is 1.71. The highest BCUT2D eigenvalue weighted by molar-refractivity contribution is 5.83. The van der Waals surface area contributed by atoms with Crippen LogP contribution >= 0.6 is 0 Å². The highest BCUT2D eigenvalue weighted by Gasteiger charge is 2.25. The van der Waals surface area contributed by atoms with Crippen molar-refractivity contribution in [2.45, 2.75) is 18.5 Å². The number of carbonyl (C=O) groups excluding carboxylic acids is 1. The molecule has 2 aromatic carbocycles. The van der Waals surface area contributed by atoms with E-state index in [4.69, 9.17) is 15.2 Å². The fourth-order valence-electron chi connectivity index (χ4n) is 2.60. The Balaban J connectivity index is 2.38. The summed E-state index contributed by atoms with van der Waals surface area (Å²) in [7, 11) is 3.14. The molecule has 1 atom stereocenters. The average molecular weight is 358 g/mol. The van der Waals surface area contributed by atoms with Crippen LogP contribution in [0.4, 0.5) is 0 Å². The highest BCUT2D eigenvalue weighted by Crippen LogP contribution is 2.26. The summed E-state index contributed by atoms with van der Waals surface area (Å²) in [5.41, 5.74) is 6.84. The number of carboxylic acids is 1. The SMILES string of the molecule is COc1ccc(C(N[C@@H](CC(N)=O)C(=O)O)c2ccc(OC)cc2)cc1. The number of benzene rings is 2. The van der Waals surface area contributed by atoms with Crippen molar-refractivity contribution in [3.63, 3.8) is 0 Å². The summed E-state index contributed by atoms with van der Waals surface area (Å²) >= 11 is 0. The molecule has 0 fully saturated rings. The first kappa shape index (κ1) is 19.3. The van der Waals surface area contributed by atoms with Gasteiger partial charge in [0.2, 0.25) is 5.91 Å². The lowest BCUT2D eigenvalue weighted by Gasteiger charge is -2.24. The summed E-state index contributed by atoms with van der Waals surface area (Å²) < 4.78 is 10.3. The lowest BCUT2D eigenvalue weighted by Crippen LogP contribution is -2.42. The summed E-state index contributed by atoms with van der Waals surface area (Å²) in [5.74, 6) is -0.452. The van der Waals surface area contributed by atoms with Crippen LogP contribution in [-0.4, -0.2) is 37.2 Å². The van der Waals surface area contributed by atoms with Gasteiger partial charge in [0.05, 0.1) is 26.7 Å². The van der Waals surface area contributed by atoms with Crippen LogP contribution in [0.1, 0.15) is 23.6 Å². The third kappa shape index (κ3) is 4.97. The van der Waals surface area contributed by atoms with Crippen LogP contribution in [0.3, 0.4) is 0 Å². The molecule has 26 heavy (non-hydrogen) atoms. The maximum Gasteiger partial charge on any atom is 0.321 e. The van der Waals surface area contributed by atoms with Gasteiger partial charge in [0.15, 0.2) is 0 Å². The van der Waals surface area contributed by atoms with E-state index in [2.05, 4.69) is 5.32 Å². The molecule has 2 aromatic rings. The van der Waals surface area contributed by atoms with E-state index in [9.17, 15) is 14.7 Å². The Kier molecular flexibility index (Phi) is 6.57. The normalized spacial score (nSPS) is 11.8. The first-order chi connectivity index (χ1) is 12.4. The fourth-order valence-corrected chi connectivity index (χ4v) is 2.60. The molecular formula is C19H22N2O5. The molecule has 138 valence electrons. The van der Waals surface area contributed by atoms with E-state index >= 15 is 0 Å². The summed E-state index contributed by atoms with van der Waals surface area (Å²) in [5, 5.41) is 12.4. The molecule has 0 aliphatic rings. The number of nitrogens with one attached hydrogen (secondary N) is 1. The van der Waals surface area contributed by atoms with Crippen LogP contribution in [0, 0.1) is 0 Å². The van der Waals surface area contributed by atoms with Crippen LogP contribution in [0.15, 0.2) is 48.5 Å². The van der Waals surface area contributed by atoms with Gasteiger partial charge in [0.1, 0.15) is 17.5 Å². The minimum absolute atomic E-state index is 0.307. The third-order valence-electron chi connectivity index (χ3n) is 3.97. The number of methoxy groups -OCH3 is 2. The molecule has 0 saturated carbocycles. The molecule has 1 amide bonds. The molecule has 0 aliphatic heterocycles. The number of carboxylic acid groups (broad SMARTS) is 1. The van der Waals surface area contributed by atoms with Gasteiger partial charge in [-0.1, -0.05) is 24.3 Å². The van der Waals surface area contributed by atoms with Crippen molar-refractivity contribution in [1.82, 2.24) is 5.32 Å². The van der Waals surface area contributed by atoms with Gasteiger partial charge in [-0.25, -0.2) is 0 Å². The molecule has 7 nitrogen and oxygen atoms in total. The van der Waals surface area contributed by atoms with Crippen LogP contribution in [-0.2, 0) is 9.59 Å². The summed E-state index contributed by atoms with van der Waals surface area (Å²) in [6.07, 6.45) is -0.307. The largest absolute Gasteiger partial charge is 0.497 e. The van der Waals surface area contributed by atoms with Gasteiger partial charge in [-0.05, 0) is 35.4 Å². The van der Waals surface area contributed by atoms with Gasteiger partial charge < -0.3 is 20.3 Å². The number of hydrogen-bond donors (Lipinski definition) is 3. The third-order valence-corrected chi connectivity index (χ3v) is 3.97. The first-order valence-corrected chi connectivity index (χ1v) is 7.99. The van der Waals surface area contributed by atoms with Gasteiger partial charge in [-0.3, -0.25) is 14.9 Å². The van der Waals surface area contributed by atoms with Gasteiger partial charge >= 0.3 is 5.97 Å². The lowest BCUT2D eigenvalue weighted by atomic mass is 9.97. The first-order valence-electron chi connectivity index (χ1n) is 7.99. The number of primary amides is 1. The summed E-state index contributed by atoms with van der Waals surface area (Å²) in [4.78, 5) is 22.7. The zero-order chi connectivity index (χ0) is 19.1. The van der Waals surface area contributed by atoms with Crippen LogP contribution in [0.5, 0.6) is 11.5 Å². The highest BCUT2D eigenvalue weighted by atomic mass is 16.5. The number of aliphatic carboxylic acids is 1. The second kappa shape index (κ2) is 8.87. The molecule has 7 heteroatoms. The van der Waals surface area contributed by atoms with E-state index in [0.29, 0.717) is 11.5 Å². The molecule has 0 unspecified atom stereocenters. The maximum absolute atomic E-state index is 11.5. The number of nitrogens with two attached hydrogens (primary N) is 1. The van der Waals surface area contributed by atoms with E-state index < -0.39 is 24.0 Å². The van der Waals surface area contributed by atoms with Crippen molar-refractivity contribution in [2.24, 2.45) is 5.73 Å². The van der Waals surface area contributed by atoms with Gasteiger partial charge in [0, 0.05) is 0 Å². The predicted molar refractivity (Wildman–Crippen MR) is 96.2 cm³/mol. The van der Waals surface area contributed by atoms with Crippen molar-refractivity contribution >= 4 is 11.9 Å². The van der Waals surface area contributed by atoms with Crippen molar-refractivity contribution < 1.29 is 24.2 Å². The molecule has 0 aromatic heterocycles. The number of hydrogen-bond acceptors (Lipinski definition) is 5. The minimum atomic E-state index is -1.14. The Bertz CT molecular complexity index is 696. The minimum Gasteiger partial charge on any atom is -0.497 e. The average Bonchev–Trinajstić information content (AvgIpc) is 2.65. The van der Waals surface area contributed by atoms with E-state index in [1.165, 1.54) is 0 Å². The monoisotopic (exact) mass is 358 g/mol. The molecule has 0 bridgehead atoms. The van der Waals surface area contributed by atoms with Gasteiger partial charge in [0.25, 0.3) is 0 Å². The van der Waals surface area contributed by atoms with Crippen molar-refractivity contribution in [3.8, 4) is 11.5 Å². The zero-order valence-corrected chi connectivity index (χ0v) is 14.6. The van der Waals surface area contributed by atoms with Gasteiger partial charge in [-0.15, -0.1) is 0 Å². The Labute approximate surface area is 151 Å². The molecule has 2 rings (SSSR count). The Morgan fingerprint density at radius 2 is 1.38 bits per heavy atom. The zero-order valence-electron chi connectivity index (χ0n) is 14.6. The quantitative estimate of drug-likeness (QED) is 0.629. The van der Waals surface area contributed by atoms with Crippen LogP contribution in [0.2, 0.25) is 0 Å². The molecule has 0 spiro atoms. The molecule has 0 radical (unpaired) electrons. The fraction of sp³-hybridized carbons (Fsp3) is 0.263. The van der Waals surface area contributed by atoms with Gasteiger partial charge in [-0.2, -0.15) is 0 Å². The van der Waals surface area contributed by atoms with E-state index in [1.54, 1.807) is 38.5 Å². The molecule has 0 heterocycles. The number of amides is 1. The van der Waals surface area contributed by atoms with Crippen molar-refractivity contribution in [3.05, 3.63) is 59.7 Å². The van der Waals surface area contributed by atoms with Crippen LogP contribution in [0.25, 0.3) is 0 Å². The van der Waals surface area contributed by atoms with Crippen molar-refractivity contribution in [2.75, 3.05) is 14.2 Å². The smallest absolute Gasteiger partial charge is 0.321 e. The Morgan fingerprint density at radius 3 is 1.69 bits per heavy atom. The van der Waals surface area contributed by atoms with E-state index in [1.807, 2.05) is 24.3 Å². The second-order valence-corrected chi connectivity index (χ2v) is 5.71. The topological polar surface area (TPSA) is 111 Å². The van der Waals surface area contributed by atoms with Crippen LogP contribution < -0.4 is 20.5 Å². The summed E-state index contributed by atoms with van der Waals surface area (Å²) in [6.45, 7) is 0. The molecule has 4 N–H and O–H groups in total. The molecule has 0 saturated heterocycles. The Hall–Kier alpha value is -3.06. The number of carbonyl (C=O) groups is 2. The Morgan fingerprint density at radius 1 is 0.962 bits per heavy atom. The summed E-state index contributed by atoms with van der Waals surface area (Å²) in [6, 6.07) is 12.9. The number of rotatable bonds is 9. The second-order valence-electron chi connectivity index (χ2n) is 5.71. The lowest BCUT2D eigenvalue weighted by molar-refractivity contribution is -0.141. The standard InChI is InChI=1S/C19H22N2O5/c1-25-14-7-3-12(4-8-14)18(13-5-9-15(26-2)10-6-13)21-16(19(23)24)11-17(20)22/h3-10,16,18,21H,11H2,1-2H3,(H2,20,22)(H,23,24)/t16-/m0/s1. The maximum atomic E-state index is 11.5. The van der Waals surface area contributed by atoms with E-state index in [-0.39, 0.29) is 6.42 Å². The van der Waals surface area contributed by atoms with Crippen molar-refractivity contribution in [1.29, 1.82) is 0 Å². The van der Waals surface area contributed by atoms with E-state index in [0.717, 1.165) is 11.1 Å². The molecular weight excluding hydrogens is 336 g/mol.